The second-order valence-corrected chi connectivity index (χ2v) is 10.8. The zero-order valence-electron chi connectivity index (χ0n) is 22.5. The highest BCUT2D eigenvalue weighted by molar-refractivity contribution is 6.22. The predicted molar refractivity (Wildman–Crippen MR) is 166 cm³/mol. The molecule has 1 aliphatic carbocycles. The van der Waals surface area contributed by atoms with E-state index in [4.69, 9.17) is 0 Å². The van der Waals surface area contributed by atoms with Crippen LogP contribution >= 0.6 is 0 Å². The molecule has 0 bridgehead atoms. The zero-order valence-corrected chi connectivity index (χ0v) is 22.5. The van der Waals surface area contributed by atoms with E-state index >= 15 is 0 Å². The smallest absolute Gasteiger partial charge is 0.166 e. The van der Waals surface area contributed by atoms with Crippen LogP contribution in [0.25, 0.3) is 60.1 Å². The Kier molecular flexibility index (Phi) is 6.04. The van der Waals surface area contributed by atoms with Gasteiger partial charge in [0.1, 0.15) is 0 Å². The van der Waals surface area contributed by atoms with Crippen molar-refractivity contribution >= 4 is 37.9 Å². The highest BCUT2D eigenvalue weighted by atomic mass is 19.4. The van der Waals surface area contributed by atoms with E-state index in [2.05, 4.69) is 91.9 Å². The Bertz CT molecular complexity index is 1950. The minimum Gasteiger partial charge on any atom is -0.166 e. The minimum absolute atomic E-state index is 0.418. The fourth-order valence-electron chi connectivity index (χ4n) is 6.41. The highest BCUT2D eigenvalue weighted by Gasteiger charge is 2.30. The van der Waals surface area contributed by atoms with Crippen molar-refractivity contribution in [1.82, 2.24) is 0 Å². The Morgan fingerprint density at radius 3 is 1.59 bits per heavy atom. The lowest BCUT2D eigenvalue weighted by atomic mass is 9.80. The Hall–Kier alpha value is -4.63. The van der Waals surface area contributed by atoms with Gasteiger partial charge < -0.3 is 0 Å². The summed E-state index contributed by atoms with van der Waals surface area (Å²) in [7, 11) is 0. The fourth-order valence-corrected chi connectivity index (χ4v) is 6.41. The molecule has 0 saturated heterocycles. The van der Waals surface area contributed by atoms with Gasteiger partial charge in [-0.05, 0) is 90.2 Å². The molecule has 0 amide bonds. The summed E-state index contributed by atoms with van der Waals surface area (Å²) in [6, 6.07) is 35.1. The molecule has 1 unspecified atom stereocenters. The topological polar surface area (TPSA) is 0 Å². The number of alkyl halides is 3. The van der Waals surface area contributed by atoms with E-state index < -0.39 is 11.7 Å². The first-order valence-electron chi connectivity index (χ1n) is 13.9. The van der Waals surface area contributed by atoms with E-state index in [-0.39, 0.29) is 0 Å². The molecule has 1 aliphatic rings. The molecule has 0 heterocycles. The molecule has 6 aromatic rings. The van der Waals surface area contributed by atoms with Crippen LogP contribution in [0.1, 0.15) is 24.5 Å². The molecule has 6 aromatic carbocycles. The standard InChI is InChI=1S/C38H27F3/c1-24-10-2-3-11-27(24)36-31-14-6-8-16-33(31)37(34-17-9-7-15-32(34)36)35-23-22-28(29-12-4-5-13-30(29)35)25-18-20-26(21-19-25)38(39,40)41/h2-9,11-24H,10H2,1H3. The van der Waals surface area contributed by atoms with E-state index in [1.165, 1.54) is 38.2 Å². The summed E-state index contributed by atoms with van der Waals surface area (Å²) < 4.78 is 39.7. The van der Waals surface area contributed by atoms with Gasteiger partial charge in [0.2, 0.25) is 0 Å². The lowest BCUT2D eigenvalue weighted by molar-refractivity contribution is -0.137. The van der Waals surface area contributed by atoms with Gasteiger partial charge in [-0.3, -0.25) is 0 Å². The molecular weight excluding hydrogens is 513 g/mol. The van der Waals surface area contributed by atoms with Gasteiger partial charge in [-0.1, -0.05) is 122 Å². The van der Waals surface area contributed by atoms with Gasteiger partial charge in [0, 0.05) is 0 Å². The van der Waals surface area contributed by atoms with Crippen LogP contribution in [0.3, 0.4) is 0 Å². The maximum Gasteiger partial charge on any atom is 0.416 e. The average Bonchev–Trinajstić information content (AvgIpc) is 3.00. The van der Waals surface area contributed by atoms with Gasteiger partial charge in [0.15, 0.2) is 0 Å². The largest absolute Gasteiger partial charge is 0.416 e. The normalized spacial score (nSPS) is 15.5. The van der Waals surface area contributed by atoms with E-state index in [0.29, 0.717) is 5.92 Å². The minimum atomic E-state index is -4.36. The second kappa shape index (κ2) is 9.78. The summed E-state index contributed by atoms with van der Waals surface area (Å²) in [4.78, 5) is 0. The predicted octanol–water partition coefficient (Wildman–Crippen LogP) is 11.5. The molecule has 0 radical (unpaired) electrons. The van der Waals surface area contributed by atoms with Crippen LogP contribution < -0.4 is 0 Å². The van der Waals surface area contributed by atoms with Gasteiger partial charge in [0.25, 0.3) is 0 Å². The van der Waals surface area contributed by atoms with Gasteiger partial charge in [-0.15, -0.1) is 0 Å². The molecule has 0 N–H and O–H groups in total. The fraction of sp³-hybridized carbons (Fsp3) is 0.105. The number of hydrogen-bond acceptors (Lipinski definition) is 0. The number of halogens is 3. The van der Waals surface area contributed by atoms with Crippen molar-refractivity contribution in [3.05, 3.63) is 139 Å². The number of fused-ring (bicyclic) bond motifs is 3. The number of rotatable bonds is 3. The van der Waals surface area contributed by atoms with Crippen molar-refractivity contribution in [2.45, 2.75) is 19.5 Å². The maximum absolute atomic E-state index is 13.2. The van der Waals surface area contributed by atoms with Crippen molar-refractivity contribution in [1.29, 1.82) is 0 Å². The van der Waals surface area contributed by atoms with Crippen molar-refractivity contribution in [3.63, 3.8) is 0 Å². The van der Waals surface area contributed by atoms with Gasteiger partial charge in [-0.2, -0.15) is 13.2 Å². The second-order valence-electron chi connectivity index (χ2n) is 10.8. The van der Waals surface area contributed by atoms with E-state index in [9.17, 15) is 13.2 Å². The van der Waals surface area contributed by atoms with Crippen LogP contribution in [-0.2, 0) is 6.18 Å². The van der Waals surface area contributed by atoms with E-state index in [1.807, 2.05) is 18.2 Å². The summed E-state index contributed by atoms with van der Waals surface area (Å²) in [5.41, 5.74) is 5.97. The zero-order chi connectivity index (χ0) is 28.1. The SMILES string of the molecule is CC1CC=CC=C1c1c2ccccc2c(-c2ccc(-c3ccc(C(F)(F)F)cc3)c3ccccc23)c2ccccc12. The van der Waals surface area contributed by atoms with Gasteiger partial charge >= 0.3 is 6.18 Å². The molecule has 0 saturated carbocycles. The molecule has 41 heavy (non-hydrogen) atoms. The van der Waals surface area contributed by atoms with Crippen LogP contribution in [0.4, 0.5) is 13.2 Å². The van der Waals surface area contributed by atoms with Crippen LogP contribution in [0.5, 0.6) is 0 Å². The third-order valence-electron chi connectivity index (χ3n) is 8.37. The van der Waals surface area contributed by atoms with Crippen molar-refractivity contribution in [2.24, 2.45) is 5.92 Å². The first kappa shape index (κ1) is 25.3. The molecule has 0 aliphatic heterocycles. The molecule has 0 aromatic heterocycles. The third kappa shape index (κ3) is 4.24. The molecule has 0 nitrogen and oxygen atoms in total. The van der Waals surface area contributed by atoms with Gasteiger partial charge in [0.05, 0.1) is 5.56 Å². The van der Waals surface area contributed by atoms with Crippen LogP contribution in [0.2, 0.25) is 0 Å². The maximum atomic E-state index is 13.2. The van der Waals surface area contributed by atoms with Crippen molar-refractivity contribution in [2.75, 3.05) is 0 Å². The Balaban J connectivity index is 1.52. The van der Waals surface area contributed by atoms with Gasteiger partial charge in [-0.25, -0.2) is 0 Å². The summed E-state index contributed by atoms with van der Waals surface area (Å²) in [6.07, 6.45) is 3.32. The first-order valence-corrected chi connectivity index (χ1v) is 13.9. The summed E-state index contributed by atoms with van der Waals surface area (Å²) in [5.74, 6) is 0.418. The molecule has 3 heteroatoms. The molecule has 0 fully saturated rings. The molecule has 0 spiro atoms. The third-order valence-corrected chi connectivity index (χ3v) is 8.37. The molecular formula is C38H27F3. The highest BCUT2D eigenvalue weighted by Crippen LogP contribution is 2.47. The Morgan fingerprint density at radius 2 is 1.05 bits per heavy atom. The summed E-state index contributed by atoms with van der Waals surface area (Å²) in [6.45, 7) is 2.29. The summed E-state index contributed by atoms with van der Waals surface area (Å²) >= 11 is 0. The monoisotopic (exact) mass is 540 g/mol. The van der Waals surface area contributed by atoms with Crippen molar-refractivity contribution < 1.29 is 13.2 Å². The Labute approximate surface area is 237 Å². The lowest BCUT2D eigenvalue weighted by Crippen LogP contribution is -2.04. The average molecular weight is 541 g/mol. The molecule has 200 valence electrons. The Morgan fingerprint density at radius 1 is 0.561 bits per heavy atom. The van der Waals surface area contributed by atoms with Crippen LogP contribution in [-0.4, -0.2) is 0 Å². The number of benzene rings is 6. The number of allylic oxidation sites excluding steroid dienone is 4. The van der Waals surface area contributed by atoms with E-state index in [0.717, 1.165) is 46.0 Å². The molecule has 1 atom stereocenters. The van der Waals surface area contributed by atoms with E-state index in [1.54, 1.807) is 12.1 Å². The summed E-state index contributed by atoms with van der Waals surface area (Å²) in [5, 5.41) is 6.92. The van der Waals surface area contributed by atoms with Crippen LogP contribution in [0, 0.1) is 5.92 Å². The first-order chi connectivity index (χ1) is 19.9. The quantitative estimate of drug-likeness (QED) is 0.196. The van der Waals surface area contributed by atoms with Crippen LogP contribution in [0.15, 0.2) is 127 Å². The molecule has 7 rings (SSSR count). The lowest BCUT2D eigenvalue weighted by Gasteiger charge is -2.24. The van der Waals surface area contributed by atoms with Crippen molar-refractivity contribution in [3.8, 4) is 22.3 Å². The number of hydrogen-bond donors (Lipinski definition) is 0.